The molecule has 1 N–H and O–H groups in total. The lowest BCUT2D eigenvalue weighted by molar-refractivity contribution is -0.143. The minimum Gasteiger partial charge on any atom is -0.493 e. The summed E-state index contributed by atoms with van der Waals surface area (Å²) in [5, 5.41) is 11.4. The molecule has 2 aromatic carbocycles. The Balaban J connectivity index is 0.00000208. The predicted molar refractivity (Wildman–Crippen MR) is 98.1 cm³/mol. The average Bonchev–Trinajstić information content (AvgIpc) is 2.59. The van der Waals surface area contributed by atoms with E-state index in [4.69, 9.17) is 9.84 Å². The van der Waals surface area contributed by atoms with Crippen molar-refractivity contribution in [1.29, 1.82) is 0 Å². The fraction of sp³-hybridized carbons (Fsp3) is 0.421. The second kappa shape index (κ2) is 8.90. The molecule has 2 aromatic rings. The molecular formula is C19H24ClNO3. The van der Waals surface area contributed by atoms with E-state index in [2.05, 4.69) is 23.1 Å². The first-order valence-electron chi connectivity index (χ1n) is 8.30. The number of nitrogens with zero attached hydrogens (tertiary/aromatic N) is 1. The summed E-state index contributed by atoms with van der Waals surface area (Å²) in [6.45, 7) is 3.42. The van der Waals surface area contributed by atoms with Crippen LogP contribution in [-0.2, 0) is 4.79 Å². The van der Waals surface area contributed by atoms with E-state index in [1.54, 1.807) is 0 Å². The number of benzene rings is 2. The smallest absolute Gasteiger partial charge is 0.306 e. The van der Waals surface area contributed by atoms with Crippen molar-refractivity contribution in [2.45, 2.75) is 19.3 Å². The van der Waals surface area contributed by atoms with Crippen LogP contribution in [0.2, 0.25) is 0 Å². The standard InChI is InChI=1S/C19H23NO3.ClH/c21-19(22)16-9-12-20(13-10-16)11-4-14-23-18-8-3-6-15-5-1-2-7-17(15)18;/h1-3,5-8,16H,4,9-14H2,(H,21,22);1H. The topological polar surface area (TPSA) is 49.8 Å². The van der Waals surface area contributed by atoms with Crippen LogP contribution in [0.4, 0.5) is 0 Å². The molecule has 24 heavy (non-hydrogen) atoms. The first-order valence-corrected chi connectivity index (χ1v) is 8.30. The third kappa shape index (κ3) is 4.62. The highest BCUT2D eigenvalue weighted by Gasteiger charge is 2.23. The molecule has 3 rings (SSSR count). The van der Waals surface area contributed by atoms with Gasteiger partial charge in [-0.2, -0.15) is 0 Å². The Morgan fingerprint density at radius 2 is 1.83 bits per heavy atom. The monoisotopic (exact) mass is 349 g/mol. The van der Waals surface area contributed by atoms with E-state index in [0.717, 1.165) is 50.0 Å². The zero-order valence-corrected chi connectivity index (χ0v) is 14.5. The molecule has 1 fully saturated rings. The lowest BCUT2D eigenvalue weighted by Gasteiger charge is -2.29. The lowest BCUT2D eigenvalue weighted by Crippen LogP contribution is -2.37. The minimum absolute atomic E-state index is 0. The molecule has 0 bridgehead atoms. The third-order valence-electron chi connectivity index (χ3n) is 4.56. The van der Waals surface area contributed by atoms with Gasteiger partial charge in [0, 0.05) is 11.9 Å². The van der Waals surface area contributed by atoms with Gasteiger partial charge in [-0.3, -0.25) is 4.79 Å². The molecule has 1 heterocycles. The van der Waals surface area contributed by atoms with Gasteiger partial charge in [0.2, 0.25) is 0 Å². The number of hydrogen-bond donors (Lipinski definition) is 1. The van der Waals surface area contributed by atoms with E-state index >= 15 is 0 Å². The fourth-order valence-corrected chi connectivity index (χ4v) is 3.20. The maximum atomic E-state index is 10.9. The number of rotatable bonds is 6. The fourth-order valence-electron chi connectivity index (χ4n) is 3.20. The molecule has 130 valence electrons. The maximum absolute atomic E-state index is 10.9. The predicted octanol–water partition coefficient (Wildman–Crippen LogP) is 3.83. The number of halogens is 1. The number of fused-ring (bicyclic) bond motifs is 1. The van der Waals surface area contributed by atoms with Crippen LogP contribution in [0, 0.1) is 5.92 Å². The second-order valence-corrected chi connectivity index (χ2v) is 6.13. The van der Waals surface area contributed by atoms with Crippen molar-refractivity contribution in [1.82, 2.24) is 4.90 Å². The molecule has 5 heteroatoms. The highest BCUT2D eigenvalue weighted by molar-refractivity contribution is 5.88. The van der Waals surface area contributed by atoms with Crippen LogP contribution in [0.15, 0.2) is 42.5 Å². The number of carboxylic acids is 1. The van der Waals surface area contributed by atoms with Crippen LogP contribution in [0.5, 0.6) is 5.75 Å². The van der Waals surface area contributed by atoms with Crippen LogP contribution < -0.4 is 4.74 Å². The first kappa shape index (κ1) is 18.6. The normalized spacial score (nSPS) is 15.8. The second-order valence-electron chi connectivity index (χ2n) is 6.13. The van der Waals surface area contributed by atoms with E-state index < -0.39 is 5.97 Å². The van der Waals surface area contributed by atoms with Crippen molar-refractivity contribution in [3.8, 4) is 5.75 Å². The third-order valence-corrected chi connectivity index (χ3v) is 4.56. The summed E-state index contributed by atoms with van der Waals surface area (Å²) in [6.07, 6.45) is 2.49. The van der Waals surface area contributed by atoms with Crippen molar-refractivity contribution in [3.05, 3.63) is 42.5 Å². The van der Waals surface area contributed by atoms with Gasteiger partial charge >= 0.3 is 5.97 Å². The maximum Gasteiger partial charge on any atom is 0.306 e. The summed E-state index contributed by atoms with van der Waals surface area (Å²) < 4.78 is 5.95. The summed E-state index contributed by atoms with van der Waals surface area (Å²) in [5.41, 5.74) is 0. The minimum atomic E-state index is -0.649. The van der Waals surface area contributed by atoms with Gasteiger partial charge in [0.05, 0.1) is 12.5 Å². The van der Waals surface area contributed by atoms with Gasteiger partial charge in [-0.1, -0.05) is 36.4 Å². The molecular weight excluding hydrogens is 326 g/mol. The number of hydrogen-bond acceptors (Lipinski definition) is 3. The first-order chi connectivity index (χ1) is 11.2. The molecule has 0 aromatic heterocycles. The van der Waals surface area contributed by atoms with Gasteiger partial charge in [0.15, 0.2) is 0 Å². The van der Waals surface area contributed by atoms with Gasteiger partial charge < -0.3 is 14.7 Å². The van der Waals surface area contributed by atoms with Crippen LogP contribution in [-0.4, -0.2) is 42.2 Å². The summed E-state index contributed by atoms with van der Waals surface area (Å²) in [7, 11) is 0. The lowest BCUT2D eigenvalue weighted by atomic mass is 9.97. The van der Waals surface area contributed by atoms with Crippen molar-refractivity contribution in [2.75, 3.05) is 26.2 Å². The molecule has 1 aliphatic rings. The zero-order chi connectivity index (χ0) is 16.1. The highest BCUT2D eigenvalue weighted by atomic mass is 35.5. The van der Waals surface area contributed by atoms with E-state index in [-0.39, 0.29) is 18.3 Å². The van der Waals surface area contributed by atoms with Gasteiger partial charge in [-0.15, -0.1) is 12.4 Å². The highest BCUT2D eigenvalue weighted by Crippen LogP contribution is 2.25. The molecule has 4 nitrogen and oxygen atoms in total. The number of ether oxygens (including phenoxy) is 1. The van der Waals surface area contributed by atoms with Crippen molar-refractivity contribution < 1.29 is 14.6 Å². The Morgan fingerprint density at radius 1 is 1.12 bits per heavy atom. The molecule has 1 saturated heterocycles. The molecule has 0 spiro atoms. The Bertz CT molecular complexity index is 663. The number of piperidine rings is 1. The Labute approximate surface area is 148 Å². The Morgan fingerprint density at radius 3 is 2.58 bits per heavy atom. The summed E-state index contributed by atoms with van der Waals surface area (Å²) >= 11 is 0. The average molecular weight is 350 g/mol. The SMILES string of the molecule is Cl.O=C(O)C1CCN(CCCOc2cccc3ccccc23)CC1. The Hall–Kier alpha value is -1.78. The molecule has 0 saturated carbocycles. The van der Waals surface area contributed by atoms with Gasteiger partial charge in [0.25, 0.3) is 0 Å². The molecule has 0 unspecified atom stereocenters. The molecule has 0 radical (unpaired) electrons. The van der Waals surface area contributed by atoms with Gasteiger partial charge in [-0.25, -0.2) is 0 Å². The summed E-state index contributed by atoms with van der Waals surface area (Å²) in [6, 6.07) is 14.4. The van der Waals surface area contributed by atoms with Crippen LogP contribution in [0.25, 0.3) is 10.8 Å². The van der Waals surface area contributed by atoms with Crippen LogP contribution in [0.1, 0.15) is 19.3 Å². The molecule has 0 atom stereocenters. The van der Waals surface area contributed by atoms with E-state index in [0.29, 0.717) is 6.61 Å². The van der Waals surface area contributed by atoms with Crippen molar-refractivity contribution >= 4 is 29.1 Å². The summed E-state index contributed by atoms with van der Waals surface area (Å²) in [5.74, 6) is 0.134. The number of carboxylic acid groups (broad SMARTS) is 1. The van der Waals surface area contributed by atoms with Gasteiger partial charge in [-0.05, 0) is 43.8 Å². The molecule has 1 aliphatic heterocycles. The van der Waals surface area contributed by atoms with Crippen molar-refractivity contribution in [3.63, 3.8) is 0 Å². The Kier molecular flexibility index (Phi) is 6.88. The van der Waals surface area contributed by atoms with E-state index in [1.165, 1.54) is 5.39 Å². The number of likely N-dealkylation sites (tertiary alicyclic amines) is 1. The quantitative estimate of drug-likeness (QED) is 0.805. The number of carbonyl (C=O) groups is 1. The molecule has 0 amide bonds. The van der Waals surface area contributed by atoms with E-state index in [9.17, 15) is 4.79 Å². The van der Waals surface area contributed by atoms with Crippen LogP contribution in [0.3, 0.4) is 0 Å². The molecule has 0 aliphatic carbocycles. The van der Waals surface area contributed by atoms with E-state index in [1.807, 2.05) is 24.3 Å². The van der Waals surface area contributed by atoms with Gasteiger partial charge in [0.1, 0.15) is 5.75 Å². The summed E-state index contributed by atoms with van der Waals surface area (Å²) in [4.78, 5) is 13.3. The van der Waals surface area contributed by atoms with Crippen molar-refractivity contribution in [2.24, 2.45) is 5.92 Å². The largest absolute Gasteiger partial charge is 0.493 e. The number of aliphatic carboxylic acids is 1. The van der Waals surface area contributed by atoms with Crippen LogP contribution >= 0.6 is 12.4 Å². The zero-order valence-electron chi connectivity index (χ0n) is 13.7.